The summed E-state index contributed by atoms with van der Waals surface area (Å²) in [7, 11) is -3.32. The third kappa shape index (κ3) is 6.17. The van der Waals surface area contributed by atoms with E-state index in [1.165, 1.54) is 23.5 Å². The molecule has 2 fully saturated rings. The number of oxime groups is 1. The van der Waals surface area contributed by atoms with E-state index in [9.17, 15) is 13.2 Å². The highest BCUT2D eigenvalue weighted by Crippen LogP contribution is 2.33. The van der Waals surface area contributed by atoms with Crippen molar-refractivity contribution < 1.29 is 27.5 Å². The molecule has 11 heteroatoms. The summed E-state index contributed by atoms with van der Waals surface area (Å²) in [6.45, 7) is 5.29. The molecule has 2 aliphatic rings. The van der Waals surface area contributed by atoms with Gasteiger partial charge in [0.1, 0.15) is 0 Å². The van der Waals surface area contributed by atoms with Crippen LogP contribution in [0.2, 0.25) is 0 Å². The number of amides is 1. The van der Waals surface area contributed by atoms with E-state index in [1.54, 1.807) is 18.3 Å². The number of benzene rings is 1. The lowest BCUT2D eigenvalue weighted by Gasteiger charge is -2.10. The summed E-state index contributed by atoms with van der Waals surface area (Å²) in [5, 5.41) is 6.96. The average molecular weight is 494 g/mol. The first kappa shape index (κ1) is 23.8. The second kappa shape index (κ2) is 10.3. The number of aromatic nitrogens is 1. The number of nitrogens with zero attached hydrogens (tertiary/aromatic N) is 2. The zero-order valence-electron chi connectivity index (χ0n) is 18.5. The fourth-order valence-electron chi connectivity index (χ4n) is 3.16. The number of rotatable bonds is 10. The normalized spacial score (nSPS) is 19.1. The van der Waals surface area contributed by atoms with Gasteiger partial charge in [0.25, 0.3) is 5.91 Å². The van der Waals surface area contributed by atoms with Gasteiger partial charge >= 0.3 is 0 Å². The van der Waals surface area contributed by atoms with Crippen molar-refractivity contribution in [3.63, 3.8) is 0 Å². The van der Waals surface area contributed by atoms with Crippen LogP contribution in [0.25, 0.3) is 0 Å². The number of anilines is 1. The van der Waals surface area contributed by atoms with Gasteiger partial charge in [0, 0.05) is 18.2 Å². The molecule has 0 bridgehead atoms. The number of sulfone groups is 1. The largest absolute Gasteiger partial charge is 0.389 e. The van der Waals surface area contributed by atoms with Crippen molar-refractivity contribution in [3.05, 3.63) is 40.9 Å². The highest BCUT2D eigenvalue weighted by atomic mass is 32.2. The van der Waals surface area contributed by atoms with Gasteiger partial charge in [0.05, 0.1) is 40.9 Å². The minimum atomic E-state index is -3.32. The molecule has 1 aromatic carbocycles. The lowest BCUT2D eigenvalue weighted by molar-refractivity contribution is -0.110. The number of nitrogens with one attached hydrogen (secondary N) is 1. The Hall–Kier alpha value is -2.34. The molecule has 1 aliphatic carbocycles. The van der Waals surface area contributed by atoms with Crippen molar-refractivity contribution in [1.82, 2.24) is 4.98 Å². The Morgan fingerprint density at radius 1 is 1.27 bits per heavy atom. The van der Waals surface area contributed by atoms with Crippen LogP contribution in [0.15, 0.2) is 40.5 Å². The molecule has 0 spiro atoms. The van der Waals surface area contributed by atoms with Gasteiger partial charge < -0.3 is 14.3 Å². The summed E-state index contributed by atoms with van der Waals surface area (Å²) in [6, 6.07) is 6.17. The van der Waals surface area contributed by atoms with E-state index in [-0.39, 0.29) is 28.1 Å². The number of ether oxygens (including phenoxy) is 2. The van der Waals surface area contributed by atoms with Crippen molar-refractivity contribution in [3.8, 4) is 0 Å². The van der Waals surface area contributed by atoms with Crippen molar-refractivity contribution in [2.45, 2.75) is 62.1 Å². The smallest absolute Gasteiger partial charge is 0.280 e. The zero-order chi connectivity index (χ0) is 23.4. The van der Waals surface area contributed by atoms with E-state index in [4.69, 9.17) is 14.3 Å². The van der Waals surface area contributed by atoms with E-state index in [1.807, 2.05) is 13.8 Å². The monoisotopic (exact) mass is 493 g/mol. The summed E-state index contributed by atoms with van der Waals surface area (Å²) in [6.07, 6.45) is 3.57. The van der Waals surface area contributed by atoms with Crippen LogP contribution < -0.4 is 5.32 Å². The van der Waals surface area contributed by atoms with E-state index < -0.39 is 15.7 Å². The van der Waals surface area contributed by atoms with Gasteiger partial charge in [-0.25, -0.2) is 13.4 Å². The van der Waals surface area contributed by atoms with Crippen molar-refractivity contribution in [1.29, 1.82) is 0 Å². The van der Waals surface area contributed by atoms with Crippen LogP contribution in [-0.2, 0) is 35.5 Å². The molecule has 178 valence electrons. The Morgan fingerprint density at radius 3 is 2.67 bits per heavy atom. The lowest BCUT2D eigenvalue weighted by Crippen LogP contribution is -2.25. The van der Waals surface area contributed by atoms with Crippen molar-refractivity contribution in [2.75, 3.05) is 18.5 Å². The first-order valence-electron chi connectivity index (χ1n) is 10.9. The van der Waals surface area contributed by atoms with E-state index in [0.717, 1.165) is 4.88 Å². The molecule has 0 radical (unpaired) electrons. The summed E-state index contributed by atoms with van der Waals surface area (Å²) in [4.78, 5) is 24.0. The maximum atomic E-state index is 13.1. The van der Waals surface area contributed by atoms with Crippen LogP contribution in [0.5, 0.6) is 0 Å². The summed E-state index contributed by atoms with van der Waals surface area (Å²) < 4.78 is 35.8. The van der Waals surface area contributed by atoms with Gasteiger partial charge in [-0.1, -0.05) is 28.6 Å². The Bertz CT molecular complexity index is 1100. The van der Waals surface area contributed by atoms with Gasteiger partial charge in [0.2, 0.25) is 0 Å². The SMILES string of the molecule is CC(C)OCc1cnc(NC(=O)C(=NO[C@@H]2CCOC2)c2ccc(S(=O)(=O)C3CC3)cc2)s1. The Balaban J connectivity index is 1.52. The number of hydrogen-bond donors (Lipinski definition) is 1. The van der Waals surface area contributed by atoms with Crippen LogP contribution >= 0.6 is 11.3 Å². The minimum absolute atomic E-state index is 0.0347. The molecule has 2 aromatic rings. The number of thiazole rings is 1. The van der Waals surface area contributed by atoms with E-state index in [0.29, 0.717) is 49.8 Å². The molecular formula is C22H27N3O6S2. The predicted octanol–water partition coefficient (Wildman–Crippen LogP) is 3.15. The molecule has 1 aliphatic heterocycles. The maximum absolute atomic E-state index is 13.1. The zero-order valence-corrected chi connectivity index (χ0v) is 20.2. The molecule has 0 unspecified atom stereocenters. The number of hydrogen-bond acceptors (Lipinski definition) is 9. The third-order valence-corrected chi connectivity index (χ3v) is 8.31. The molecule has 1 saturated carbocycles. The van der Waals surface area contributed by atoms with Gasteiger partial charge in [0.15, 0.2) is 26.8 Å². The molecule has 1 N–H and O–H groups in total. The van der Waals surface area contributed by atoms with Crippen LogP contribution in [-0.4, -0.2) is 55.7 Å². The van der Waals surface area contributed by atoms with Gasteiger partial charge in [-0.05, 0) is 38.8 Å². The molecule has 1 saturated heterocycles. The van der Waals surface area contributed by atoms with E-state index in [2.05, 4.69) is 15.5 Å². The quantitative estimate of drug-likeness (QED) is 0.399. The summed E-state index contributed by atoms with van der Waals surface area (Å²) >= 11 is 1.31. The van der Waals surface area contributed by atoms with Gasteiger partial charge in [-0.3, -0.25) is 10.1 Å². The summed E-state index contributed by atoms with van der Waals surface area (Å²) in [5.41, 5.74) is 0.480. The lowest BCUT2D eigenvalue weighted by atomic mass is 10.1. The summed E-state index contributed by atoms with van der Waals surface area (Å²) in [5.74, 6) is -0.502. The molecule has 9 nitrogen and oxygen atoms in total. The van der Waals surface area contributed by atoms with Gasteiger partial charge in [-0.15, -0.1) is 0 Å². The fourth-order valence-corrected chi connectivity index (χ4v) is 5.55. The van der Waals surface area contributed by atoms with Crippen LogP contribution in [0.1, 0.15) is 43.6 Å². The standard InChI is InChI=1S/C22H27N3O6S2/c1-14(2)30-13-17-11-23-22(32-17)24-21(26)20(25-31-16-9-10-29-12-16)15-3-5-18(6-4-15)33(27,28)19-7-8-19/h3-6,11,14,16,19H,7-10,12-13H2,1-2H3,(H,23,24,26)/t16-/m1/s1. The molecule has 1 aromatic heterocycles. The molecule has 33 heavy (non-hydrogen) atoms. The van der Waals surface area contributed by atoms with Crippen LogP contribution in [0.4, 0.5) is 5.13 Å². The fraction of sp³-hybridized carbons (Fsp3) is 0.500. The third-order valence-electron chi connectivity index (χ3n) is 5.15. The number of carbonyl (C=O) groups excluding carboxylic acids is 1. The number of carbonyl (C=O) groups is 1. The second-order valence-electron chi connectivity index (χ2n) is 8.25. The molecule has 4 rings (SSSR count). The molecule has 2 heterocycles. The Kier molecular flexibility index (Phi) is 7.42. The Morgan fingerprint density at radius 2 is 2.03 bits per heavy atom. The second-order valence-corrected chi connectivity index (χ2v) is 11.6. The average Bonchev–Trinajstić information content (AvgIpc) is 3.36. The topological polar surface area (TPSA) is 116 Å². The van der Waals surface area contributed by atoms with E-state index >= 15 is 0 Å². The van der Waals surface area contributed by atoms with Crippen LogP contribution in [0.3, 0.4) is 0 Å². The van der Waals surface area contributed by atoms with Crippen molar-refractivity contribution in [2.24, 2.45) is 5.16 Å². The highest BCUT2D eigenvalue weighted by molar-refractivity contribution is 7.92. The molecule has 1 atom stereocenters. The van der Waals surface area contributed by atoms with Crippen molar-refractivity contribution >= 4 is 37.9 Å². The predicted molar refractivity (Wildman–Crippen MR) is 124 cm³/mol. The maximum Gasteiger partial charge on any atom is 0.280 e. The molecular weight excluding hydrogens is 466 g/mol. The first-order chi connectivity index (χ1) is 15.8. The highest BCUT2D eigenvalue weighted by Gasteiger charge is 2.36. The first-order valence-corrected chi connectivity index (χ1v) is 13.2. The Labute approximate surface area is 197 Å². The van der Waals surface area contributed by atoms with Crippen LogP contribution in [0, 0.1) is 0 Å². The minimum Gasteiger partial charge on any atom is -0.389 e. The molecule has 1 amide bonds. The van der Waals surface area contributed by atoms with Gasteiger partial charge in [-0.2, -0.15) is 0 Å².